The van der Waals surface area contributed by atoms with E-state index in [0.717, 1.165) is 4.47 Å². The first-order valence-corrected chi connectivity index (χ1v) is 7.76. The molecule has 112 valence electrons. The van der Waals surface area contributed by atoms with E-state index in [1.54, 1.807) is 12.1 Å². The fraction of sp³-hybridized carbons (Fsp3) is 0.0833. The molecule has 3 nitrogen and oxygen atoms in total. The number of hydrogen-bond donors (Lipinski definition) is 1. The van der Waals surface area contributed by atoms with Crippen molar-refractivity contribution in [2.45, 2.75) is 6.36 Å². The van der Waals surface area contributed by atoms with Crippen molar-refractivity contribution in [3.05, 3.63) is 43.9 Å². The number of halogens is 6. The van der Waals surface area contributed by atoms with Crippen LogP contribution in [0.4, 0.5) is 24.7 Å². The highest BCUT2D eigenvalue weighted by atomic mass is 79.9. The van der Waals surface area contributed by atoms with Crippen LogP contribution in [0, 0.1) is 0 Å². The summed E-state index contributed by atoms with van der Waals surface area (Å²) in [5.74, 6) is 0.0149. The summed E-state index contributed by atoms with van der Waals surface area (Å²) in [6.45, 7) is 0. The minimum Gasteiger partial charge on any atom is -0.404 e. The summed E-state index contributed by atoms with van der Waals surface area (Å²) in [6, 6.07) is 6.00. The Morgan fingerprint density at radius 2 is 1.76 bits per heavy atom. The van der Waals surface area contributed by atoms with Gasteiger partial charge in [0.15, 0.2) is 5.75 Å². The zero-order chi connectivity index (χ0) is 15.6. The largest absolute Gasteiger partial charge is 0.573 e. The highest BCUT2D eigenvalue weighted by molar-refractivity contribution is 9.11. The van der Waals surface area contributed by atoms with Gasteiger partial charge >= 0.3 is 6.36 Å². The van der Waals surface area contributed by atoms with E-state index in [1.165, 1.54) is 18.3 Å². The van der Waals surface area contributed by atoms with Gasteiger partial charge in [-0.1, -0.05) is 15.9 Å². The number of anilines is 2. The number of nitrogens with one attached hydrogen (secondary N) is 1. The van der Waals surface area contributed by atoms with Crippen LogP contribution >= 0.6 is 47.8 Å². The first-order valence-electron chi connectivity index (χ1n) is 5.38. The molecule has 0 unspecified atom stereocenters. The average molecular weight is 491 g/mol. The lowest BCUT2D eigenvalue weighted by molar-refractivity contribution is -0.274. The van der Waals surface area contributed by atoms with Gasteiger partial charge in [-0.15, -0.1) is 13.2 Å². The van der Waals surface area contributed by atoms with Gasteiger partial charge in [-0.3, -0.25) is 0 Å². The molecule has 0 atom stereocenters. The lowest BCUT2D eigenvalue weighted by Gasteiger charge is -2.15. The molecule has 0 fully saturated rings. The number of aromatic nitrogens is 1. The van der Waals surface area contributed by atoms with E-state index in [9.17, 15) is 13.2 Å². The molecule has 2 aromatic rings. The summed E-state index contributed by atoms with van der Waals surface area (Å²) in [5.41, 5.74) is 0.144. The second-order valence-corrected chi connectivity index (χ2v) is 6.48. The van der Waals surface area contributed by atoms with Crippen molar-refractivity contribution < 1.29 is 17.9 Å². The van der Waals surface area contributed by atoms with Crippen LogP contribution in [-0.4, -0.2) is 11.3 Å². The van der Waals surface area contributed by atoms with Gasteiger partial charge in [-0.05, 0) is 56.1 Å². The predicted octanol–water partition coefficient (Wildman–Crippen LogP) is 6.01. The van der Waals surface area contributed by atoms with Crippen LogP contribution in [0.2, 0.25) is 0 Å². The molecule has 0 bridgehead atoms. The lowest BCUT2D eigenvalue weighted by Crippen LogP contribution is -2.18. The molecule has 0 aliphatic rings. The molecule has 1 heterocycles. The summed E-state index contributed by atoms with van der Waals surface area (Å²) in [4.78, 5) is 4.08. The maximum Gasteiger partial charge on any atom is 0.573 e. The topological polar surface area (TPSA) is 34.1 Å². The number of hydrogen-bond acceptors (Lipinski definition) is 3. The first kappa shape index (κ1) is 16.6. The number of rotatable bonds is 3. The maximum atomic E-state index is 12.4. The third-order valence-corrected chi connectivity index (χ3v) is 3.76. The van der Waals surface area contributed by atoms with Gasteiger partial charge in [0.05, 0.1) is 10.2 Å². The van der Waals surface area contributed by atoms with Crippen molar-refractivity contribution in [3.8, 4) is 5.75 Å². The molecule has 1 aromatic carbocycles. The molecule has 1 aromatic heterocycles. The Balaban J connectivity index is 2.35. The highest BCUT2D eigenvalue weighted by Crippen LogP contribution is 2.36. The second-order valence-electron chi connectivity index (χ2n) is 3.80. The van der Waals surface area contributed by atoms with E-state index in [1.807, 2.05) is 0 Å². The van der Waals surface area contributed by atoms with E-state index in [2.05, 4.69) is 62.8 Å². The average Bonchev–Trinajstić information content (AvgIpc) is 2.33. The van der Waals surface area contributed by atoms with Gasteiger partial charge in [-0.25, -0.2) is 4.98 Å². The molecule has 0 aliphatic heterocycles. The highest BCUT2D eigenvalue weighted by Gasteiger charge is 2.32. The van der Waals surface area contributed by atoms with Crippen LogP contribution in [-0.2, 0) is 0 Å². The van der Waals surface area contributed by atoms with Crippen molar-refractivity contribution >= 4 is 59.3 Å². The van der Waals surface area contributed by atoms with E-state index in [0.29, 0.717) is 14.8 Å². The summed E-state index contributed by atoms with van der Waals surface area (Å²) in [7, 11) is 0. The van der Waals surface area contributed by atoms with Crippen molar-refractivity contribution in [1.29, 1.82) is 0 Å². The summed E-state index contributed by atoms with van der Waals surface area (Å²) in [6.07, 6.45) is -3.25. The van der Waals surface area contributed by atoms with Crippen molar-refractivity contribution in [3.63, 3.8) is 0 Å². The first-order chi connectivity index (χ1) is 9.74. The van der Waals surface area contributed by atoms with E-state index in [-0.39, 0.29) is 11.4 Å². The van der Waals surface area contributed by atoms with Crippen LogP contribution < -0.4 is 10.1 Å². The number of nitrogens with zero attached hydrogens (tertiary/aromatic N) is 1. The smallest absolute Gasteiger partial charge is 0.404 e. The monoisotopic (exact) mass is 488 g/mol. The Morgan fingerprint density at radius 3 is 2.38 bits per heavy atom. The maximum absolute atomic E-state index is 12.4. The Hall–Kier alpha value is -0.800. The Labute approximate surface area is 143 Å². The Bertz CT molecular complexity index is 665. The molecule has 2 rings (SSSR count). The van der Waals surface area contributed by atoms with Crippen LogP contribution in [0.1, 0.15) is 0 Å². The predicted molar refractivity (Wildman–Crippen MR) is 83.7 cm³/mol. The molecule has 21 heavy (non-hydrogen) atoms. The third-order valence-electron chi connectivity index (χ3n) is 2.23. The normalized spacial score (nSPS) is 11.3. The van der Waals surface area contributed by atoms with Crippen molar-refractivity contribution in [2.24, 2.45) is 0 Å². The summed E-state index contributed by atoms with van der Waals surface area (Å²) < 4.78 is 43.1. The molecule has 1 N–H and O–H groups in total. The van der Waals surface area contributed by atoms with Crippen LogP contribution in [0.15, 0.2) is 43.9 Å². The van der Waals surface area contributed by atoms with Crippen LogP contribution in [0.3, 0.4) is 0 Å². The van der Waals surface area contributed by atoms with E-state index in [4.69, 9.17) is 0 Å². The second kappa shape index (κ2) is 6.53. The van der Waals surface area contributed by atoms with Gasteiger partial charge < -0.3 is 10.1 Å². The van der Waals surface area contributed by atoms with E-state index >= 15 is 0 Å². The lowest BCUT2D eigenvalue weighted by atomic mass is 10.3. The fourth-order valence-electron chi connectivity index (χ4n) is 1.44. The van der Waals surface area contributed by atoms with Crippen LogP contribution in [0.5, 0.6) is 5.75 Å². The molecule has 0 aliphatic carbocycles. The molecule has 0 saturated heterocycles. The number of benzene rings is 1. The van der Waals surface area contributed by atoms with Gasteiger partial charge in [0, 0.05) is 15.1 Å². The number of pyridine rings is 1. The molecule has 0 spiro atoms. The van der Waals surface area contributed by atoms with Crippen molar-refractivity contribution in [1.82, 2.24) is 4.98 Å². The number of ether oxygens (including phenoxy) is 1. The molecule has 0 amide bonds. The quantitative estimate of drug-likeness (QED) is 0.572. The summed E-state index contributed by atoms with van der Waals surface area (Å²) >= 11 is 9.63. The van der Waals surface area contributed by atoms with Crippen LogP contribution in [0.25, 0.3) is 0 Å². The zero-order valence-electron chi connectivity index (χ0n) is 10.0. The molecular formula is C12H6Br3F3N2O. The number of alkyl halides is 3. The molecule has 0 saturated carbocycles. The third kappa shape index (κ3) is 4.86. The Morgan fingerprint density at radius 1 is 1.05 bits per heavy atom. The summed E-state index contributed by atoms with van der Waals surface area (Å²) in [5, 5.41) is 2.79. The van der Waals surface area contributed by atoms with Gasteiger partial charge in [-0.2, -0.15) is 0 Å². The van der Waals surface area contributed by atoms with Gasteiger partial charge in [0.1, 0.15) is 5.82 Å². The standard InChI is InChI=1S/C12H6Br3F3N2O/c13-6-1-2-9(10(4-6)21-12(16,17)18)20-11-8(15)3-7(14)5-19-11/h1-5H,(H,19,20). The van der Waals surface area contributed by atoms with E-state index < -0.39 is 6.36 Å². The zero-order valence-corrected chi connectivity index (χ0v) is 14.8. The van der Waals surface area contributed by atoms with Gasteiger partial charge in [0.2, 0.25) is 0 Å². The SMILES string of the molecule is FC(F)(F)Oc1cc(Br)ccc1Nc1ncc(Br)cc1Br. The van der Waals surface area contributed by atoms with Gasteiger partial charge in [0.25, 0.3) is 0 Å². The fourth-order valence-corrected chi connectivity index (χ4v) is 2.87. The molecule has 0 radical (unpaired) electrons. The van der Waals surface area contributed by atoms with Crippen molar-refractivity contribution in [2.75, 3.05) is 5.32 Å². The minimum atomic E-state index is -4.78. The molecular weight excluding hydrogens is 485 g/mol. The minimum absolute atomic E-state index is 0.144. The molecule has 9 heteroatoms. The Kier molecular flexibility index (Phi) is 5.15.